The van der Waals surface area contributed by atoms with Crippen molar-refractivity contribution in [2.75, 3.05) is 6.61 Å². The van der Waals surface area contributed by atoms with Gasteiger partial charge in [-0.15, -0.1) is 11.3 Å². The molecule has 0 saturated carbocycles. The standard InChI is InChI=1S/C18H14F3N3O3S/c1-3-27-17(26)14-10(2)13-15(28-14)22-9-24(16(13)25)23-8-11-6-4-5-7-12(11)18(19,20)21/h4-9H,3H2,1-2H3/b23-8+. The average Bonchev–Trinajstić information content (AvgIpc) is 2.98. The van der Waals surface area contributed by atoms with Crippen molar-refractivity contribution in [3.63, 3.8) is 0 Å². The quantitative estimate of drug-likeness (QED) is 0.485. The van der Waals surface area contributed by atoms with Crippen molar-refractivity contribution in [2.45, 2.75) is 20.0 Å². The van der Waals surface area contributed by atoms with Crippen LogP contribution in [0.1, 0.15) is 33.3 Å². The lowest BCUT2D eigenvalue weighted by molar-refractivity contribution is -0.137. The number of hydrogen-bond acceptors (Lipinski definition) is 6. The summed E-state index contributed by atoms with van der Waals surface area (Å²) in [5.41, 5.74) is -1.24. The van der Waals surface area contributed by atoms with Gasteiger partial charge in [-0.3, -0.25) is 4.79 Å². The van der Waals surface area contributed by atoms with Gasteiger partial charge >= 0.3 is 12.1 Å². The van der Waals surface area contributed by atoms with Gasteiger partial charge in [0.2, 0.25) is 0 Å². The van der Waals surface area contributed by atoms with Crippen molar-refractivity contribution in [3.8, 4) is 0 Å². The molecule has 2 aromatic heterocycles. The molecule has 0 radical (unpaired) electrons. The van der Waals surface area contributed by atoms with Gasteiger partial charge in [0.15, 0.2) is 0 Å². The Kier molecular flexibility index (Phi) is 5.32. The van der Waals surface area contributed by atoms with Crippen LogP contribution in [0.25, 0.3) is 10.2 Å². The molecule has 0 unspecified atom stereocenters. The maximum Gasteiger partial charge on any atom is 0.417 e. The highest BCUT2D eigenvalue weighted by molar-refractivity contribution is 7.20. The van der Waals surface area contributed by atoms with Crippen LogP contribution in [0.5, 0.6) is 0 Å². The number of halogens is 3. The number of nitrogens with zero attached hydrogens (tertiary/aromatic N) is 3. The van der Waals surface area contributed by atoms with E-state index in [4.69, 9.17) is 4.74 Å². The van der Waals surface area contributed by atoms with Gasteiger partial charge < -0.3 is 4.74 Å². The Morgan fingerprint density at radius 2 is 2.07 bits per heavy atom. The molecule has 0 bridgehead atoms. The topological polar surface area (TPSA) is 73.5 Å². The van der Waals surface area contributed by atoms with Crippen molar-refractivity contribution in [3.05, 3.63) is 62.5 Å². The molecular formula is C18H14F3N3O3S. The van der Waals surface area contributed by atoms with Gasteiger partial charge in [0.25, 0.3) is 5.56 Å². The molecule has 0 aliphatic heterocycles. The third kappa shape index (κ3) is 3.68. The van der Waals surface area contributed by atoms with Crippen LogP contribution in [-0.4, -0.2) is 28.5 Å². The molecule has 10 heteroatoms. The number of benzene rings is 1. The second-order valence-corrected chi connectivity index (χ2v) is 6.68. The minimum atomic E-state index is -4.55. The molecule has 0 aliphatic rings. The number of hydrogen-bond donors (Lipinski definition) is 0. The van der Waals surface area contributed by atoms with Crippen molar-refractivity contribution < 1.29 is 22.7 Å². The third-order valence-electron chi connectivity index (χ3n) is 3.88. The summed E-state index contributed by atoms with van der Waals surface area (Å²) in [5, 5.41) is 4.01. The number of rotatable bonds is 4. The van der Waals surface area contributed by atoms with E-state index in [0.717, 1.165) is 34.6 Å². The first-order chi connectivity index (χ1) is 13.2. The van der Waals surface area contributed by atoms with E-state index in [-0.39, 0.29) is 22.4 Å². The molecule has 6 nitrogen and oxygen atoms in total. The number of esters is 1. The summed E-state index contributed by atoms with van der Waals surface area (Å²) in [6.45, 7) is 3.44. The van der Waals surface area contributed by atoms with Crippen LogP contribution in [-0.2, 0) is 10.9 Å². The van der Waals surface area contributed by atoms with E-state index >= 15 is 0 Å². The summed E-state index contributed by atoms with van der Waals surface area (Å²) in [4.78, 5) is 29.3. The zero-order valence-electron chi connectivity index (χ0n) is 14.8. The number of alkyl halides is 3. The van der Waals surface area contributed by atoms with E-state index in [2.05, 4.69) is 10.1 Å². The largest absolute Gasteiger partial charge is 0.462 e. The first-order valence-corrected chi connectivity index (χ1v) is 8.94. The number of carbonyl (C=O) groups is 1. The van der Waals surface area contributed by atoms with Crippen LogP contribution < -0.4 is 5.56 Å². The van der Waals surface area contributed by atoms with Gasteiger partial charge in [-0.25, -0.2) is 9.78 Å². The molecule has 28 heavy (non-hydrogen) atoms. The fourth-order valence-electron chi connectivity index (χ4n) is 2.58. The highest BCUT2D eigenvalue weighted by atomic mass is 32.1. The van der Waals surface area contributed by atoms with Crippen LogP contribution in [0.15, 0.2) is 40.5 Å². The zero-order valence-corrected chi connectivity index (χ0v) is 15.6. The lowest BCUT2D eigenvalue weighted by Gasteiger charge is -2.09. The summed E-state index contributed by atoms with van der Waals surface area (Å²) in [5.74, 6) is -0.559. The second kappa shape index (κ2) is 7.55. The fraction of sp³-hybridized carbons (Fsp3) is 0.222. The van der Waals surface area contributed by atoms with Crippen LogP contribution in [0, 0.1) is 6.92 Å². The van der Waals surface area contributed by atoms with E-state index in [1.54, 1.807) is 13.8 Å². The summed E-state index contributed by atoms with van der Waals surface area (Å²) >= 11 is 1.02. The number of carbonyl (C=O) groups excluding carboxylic acids is 1. The minimum Gasteiger partial charge on any atom is -0.462 e. The van der Waals surface area contributed by atoms with Crippen molar-refractivity contribution in [1.82, 2.24) is 9.66 Å². The van der Waals surface area contributed by atoms with E-state index in [0.29, 0.717) is 10.4 Å². The van der Waals surface area contributed by atoms with Gasteiger partial charge in [-0.2, -0.15) is 22.9 Å². The smallest absolute Gasteiger partial charge is 0.417 e. The number of thiophene rings is 1. The molecule has 0 atom stereocenters. The van der Waals surface area contributed by atoms with Crippen LogP contribution in [0.2, 0.25) is 0 Å². The molecule has 0 spiro atoms. The van der Waals surface area contributed by atoms with Gasteiger partial charge in [-0.05, 0) is 25.5 Å². The monoisotopic (exact) mass is 409 g/mol. The Morgan fingerprint density at radius 3 is 2.75 bits per heavy atom. The predicted molar refractivity (Wildman–Crippen MR) is 99.0 cm³/mol. The summed E-state index contributed by atoms with van der Waals surface area (Å²) in [6, 6.07) is 4.89. The zero-order chi connectivity index (χ0) is 20.5. The average molecular weight is 409 g/mol. The molecule has 2 heterocycles. The Labute approximate surface area is 160 Å². The first-order valence-electron chi connectivity index (χ1n) is 8.12. The van der Waals surface area contributed by atoms with E-state index < -0.39 is 23.3 Å². The molecular weight excluding hydrogens is 395 g/mol. The van der Waals surface area contributed by atoms with E-state index in [9.17, 15) is 22.8 Å². The second-order valence-electron chi connectivity index (χ2n) is 5.68. The molecule has 0 amide bonds. The summed E-state index contributed by atoms with van der Waals surface area (Å²) < 4.78 is 45.0. The van der Waals surface area contributed by atoms with Crippen LogP contribution in [0.3, 0.4) is 0 Å². The maximum absolute atomic E-state index is 13.1. The highest BCUT2D eigenvalue weighted by Crippen LogP contribution is 2.31. The highest BCUT2D eigenvalue weighted by Gasteiger charge is 2.32. The number of aromatic nitrogens is 2. The lowest BCUT2D eigenvalue weighted by atomic mass is 10.1. The summed E-state index contributed by atoms with van der Waals surface area (Å²) in [7, 11) is 0. The Hall–Kier alpha value is -3.01. The van der Waals surface area contributed by atoms with E-state index in [1.165, 1.54) is 18.2 Å². The van der Waals surface area contributed by atoms with Crippen molar-refractivity contribution in [1.29, 1.82) is 0 Å². The summed E-state index contributed by atoms with van der Waals surface area (Å²) in [6.07, 6.45) is -2.50. The Balaban J connectivity index is 2.06. The van der Waals surface area contributed by atoms with Gasteiger partial charge in [0.05, 0.1) is 23.8 Å². The van der Waals surface area contributed by atoms with E-state index in [1.807, 2.05) is 0 Å². The predicted octanol–water partition coefficient (Wildman–Crippen LogP) is 3.84. The lowest BCUT2D eigenvalue weighted by Crippen LogP contribution is -2.17. The molecule has 0 saturated heterocycles. The molecule has 3 aromatic rings. The number of aryl methyl sites for hydroxylation is 1. The minimum absolute atomic E-state index is 0.178. The van der Waals surface area contributed by atoms with Gasteiger partial charge in [0.1, 0.15) is 16.0 Å². The van der Waals surface area contributed by atoms with Crippen LogP contribution >= 0.6 is 11.3 Å². The Morgan fingerprint density at radius 1 is 1.36 bits per heavy atom. The molecule has 0 aliphatic carbocycles. The van der Waals surface area contributed by atoms with Crippen molar-refractivity contribution >= 4 is 33.7 Å². The SMILES string of the molecule is CCOC(=O)c1sc2ncn(/N=C/c3ccccc3C(F)(F)F)c(=O)c2c1C. The van der Waals surface area contributed by atoms with Crippen molar-refractivity contribution in [2.24, 2.45) is 5.10 Å². The Bertz CT molecular complexity index is 1130. The van der Waals surface area contributed by atoms with Gasteiger partial charge in [0, 0.05) is 5.56 Å². The molecule has 146 valence electrons. The molecule has 3 rings (SSSR count). The number of fused-ring (bicyclic) bond motifs is 1. The fourth-order valence-corrected chi connectivity index (χ4v) is 3.61. The first kappa shape index (κ1) is 19.7. The maximum atomic E-state index is 13.1. The number of ether oxygens (including phenoxy) is 1. The normalized spacial score (nSPS) is 12.0. The third-order valence-corrected chi connectivity index (χ3v) is 5.06. The molecule has 1 aromatic carbocycles. The van der Waals surface area contributed by atoms with Gasteiger partial charge in [-0.1, -0.05) is 18.2 Å². The molecule has 0 N–H and O–H groups in total. The van der Waals surface area contributed by atoms with Crippen LogP contribution in [0.4, 0.5) is 13.2 Å². The molecule has 0 fully saturated rings.